The molecule has 0 aliphatic rings. The molecule has 0 bridgehead atoms. The fourth-order valence-corrected chi connectivity index (χ4v) is 2.61. The summed E-state index contributed by atoms with van der Waals surface area (Å²) in [5.74, 6) is 1.69. The van der Waals surface area contributed by atoms with Crippen molar-refractivity contribution in [3.05, 3.63) is 51.0 Å². The van der Waals surface area contributed by atoms with E-state index in [1.54, 1.807) is 18.0 Å². The summed E-state index contributed by atoms with van der Waals surface area (Å²) >= 11 is 10.2. The molecule has 1 aromatic heterocycles. The van der Waals surface area contributed by atoms with E-state index in [9.17, 15) is 0 Å². The SMILES string of the molecule is Cc1cccc(SCc2ncc(Br)c(=S)[nH]2)c1. The first-order chi connectivity index (χ1) is 8.15. The molecule has 0 saturated heterocycles. The minimum Gasteiger partial charge on any atom is -0.333 e. The fourth-order valence-electron chi connectivity index (χ4n) is 1.35. The van der Waals surface area contributed by atoms with E-state index in [1.165, 1.54) is 10.5 Å². The Morgan fingerprint density at radius 3 is 3.00 bits per heavy atom. The monoisotopic (exact) mass is 326 g/mol. The second-order valence-electron chi connectivity index (χ2n) is 3.61. The molecule has 0 radical (unpaired) electrons. The summed E-state index contributed by atoms with van der Waals surface area (Å²) in [6.07, 6.45) is 1.74. The summed E-state index contributed by atoms with van der Waals surface area (Å²) < 4.78 is 1.52. The van der Waals surface area contributed by atoms with Gasteiger partial charge in [-0.15, -0.1) is 11.8 Å². The molecular formula is C12H11BrN2S2. The summed E-state index contributed by atoms with van der Waals surface area (Å²) in [6.45, 7) is 2.09. The molecule has 0 aliphatic carbocycles. The highest BCUT2D eigenvalue weighted by molar-refractivity contribution is 9.10. The maximum atomic E-state index is 5.14. The van der Waals surface area contributed by atoms with Crippen LogP contribution in [0, 0.1) is 11.6 Å². The van der Waals surface area contributed by atoms with Crippen LogP contribution in [-0.2, 0) is 5.75 Å². The summed E-state index contributed by atoms with van der Waals surface area (Å²) in [5.41, 5.74) is 1.27. The Balaban J connectivity index is 2.07. The van der Waals surface area contributed by atoms with Crippen molar-refractivity contribution >= 4 is 39.9 Å². The van der Waals surface area contributed by atoms with E-state index in [1.807, 2.05) is 0 Å². The van der Waals surface area contributed by atoms with Gasteiger partial charge in [0, 0.05) is 11.1 Å². The Morgan fingerprint density at radius 1 is 1.47 bits per heavy atom. The molecule has 0 fully saturated rings. The number of H-pyrrole nitrogens is 1. The number of rotatable bonds is 3. The molecule has 0 spiro atoms. The Labute approximate surface area is 118 Å². The first-order valence-electron chi connectivity index (χ1n) is 5.08. The number of halogens is 1. The van der Waals surface area contributed by atoms with Crippen molar-refractivity contribution < 1.29 is 0 Å². The number of benzene rings is 1. The molecule has 0 amide bonds. The third-order valence-electron chi connectivity index (χ3n) is 2.17. The summed E-state index contributed by atoms with van der Waals surface area (Å²) in [6, 6.07) is 8.42. The Bertz CT molecular complexity index is 581. The van der Waals surface area contributed by atoms with Crippen molar-refractivity contribution in [2.45, 2.75) is 17.6 Å². The molecule has 2 rings (SSSR count). The van der Waals surface area contributed by atoms with Gasteiger partial charge in [0.1, 0.15) is 10.5 Å². The third kappa shape index (κ3) is 3.66. The van der Waals surface area contributed by atoms with E-state index in [0.29, 0.717) is 4.64 Å². The zero-order valence-electron chi connectivity index (χ0n) is 9.24. The number of hydrogen-bond acceptors (Lipinski definition) is 3. The largest absolute Gasteiger partial charge is 0.333 e. The third-order valence-corrected chi connectivity index (χ3v) is 4.36. The first kappa shape index (κ1) is 12.8. The van der Waals surface area contributed by atoms with E-state index in [2.05, 4.69) is 57.1 Å². The van der Waals surface area contributed by atoms with Gasteiger partial charge in [0.2, 0.25) is 0 Å². The van der Waals surface area contributed by atoms with E-state index < -0.39 is 0 Å². The maximum absolute atomic E-state index is 5.14. The van der Waals surface area contributed by atoms with Crippen molar-refractivity contribution in [2.24, 2.45) is 0 Å². The number of nitrogens with one attached hydrogen (secondary N) is 1. The molecule has 1 aromatic carbocycles. The quantitative estimate of drug-likeness (QED) is 0.664. The maximum Gasteiger partial charge on any atom is 0.120 e. The predicted octanol–water partition coefficient (Wildman–Crippen LogP) is 4.50. The zero-order chi connectivity index (χ0) is 12.3. The molecule has 2 nitrogen and oxygen atoms in total. The number of aryl methyl sites for hydroxylation is 1. The highest BCUT2D eigenvalue weighted by Crippen LogP contribution is 2.22. The van der Waals surface area contributed by atoms with Gasteiger partial charge in [-0.05, 0) is 35.0 Å². The number of thioether (sulfide) groups is 1. The second kappa shape index (κ2) is 5.80. The molecule has 1 heterocycles. The highest BCUT2D eigenvalue weighted by atomic mass is 79.9. The van der Waals surface area contributed by atoms with Crippen LogP contribution < -0.4 is 0 Å². The summed E-state index contributed by atoms with van der Waals surface area (Å²) in [7, 11) is 0. The Kier molecular flexibility index (Phi) is 4.36. The smallest absolute Gasteiger partial charge is 0.120 e. The predicted molar refractivity (Wildman–Crippen MR) is 77.9 cm³/mol. The van der Waals surface area contributed by atoms with E-state index in [4.69, 9.17) is 12.2 Å². The van der Waals surface area contributed by atoms with Gasteiger partial charge in [0.25, 0.3) is 0 Å². The standard InChI is InChI=1S/C12H11BrN2S2/c1-8-3-2-4-9(5-8)17-7-11-14-6-10(13)12(16)15-11/h2-6H,7H2,1H3,(H,14,15,16). The van der Waals surface area contributed by atoms with Crippen molar-refractivity contribution in [2.75, 3.05) is 0 Å². The van der Waals surface area contributed by atoms with Gasteiger partial charge in [0.15, 0.2) is 0 Å². The lowest BCUT2D eigenvalue weighted by Gasteiger charge is -2.03. The average Bonchev–Trinajstić information content (AvgIpc) is 2.31. The van der Waals surface area contributed by atoms with Gasteiger partial charge in [-0.3, -0.25) is 0 Å². The van der Waals surface area contributed by atoms with Crippen LogP contribution in [-0.4, -0.2) is 9.97 Å². The normalized spacial score (nSPS) is 10.5. The van der Waals surface area contributed by atoms with Crippen LogP contribution >= 0.6 is 39.9 Å². The number of aromatic amines is 1. The van der Waals surface area contributed by atoms with Gasteiger partial charge < -0.3 is 4.98 Å². The van der Waals surface area contributed by atoms with Gasteiger partial charge in [0.05, 0.1) is 10.2 Å². The van der Waals surface area contributed by atoms with Crippen LogP contribution in [0.2, 0.25) is 0 Å². The number of nitrogens with zero attached hydrogens (tertiary/aromatic N) is 1. The van der Waals surface area contributed by atoms with Crippen molar-refractivity contribution in [1.29, 1.82) is 0 Å². The molecule has 5 heteroatoms. The molecule has 88 valence electrons. The molecule has 0 unspecified atom stereocenters. The molecule has 1 N–H and O–H groups in total. The van der Waals surface area contributed by atoms with Crippen LogP contribution in [0.15, 0.2) is 39.8 Å². The van der Waals surface area contributed by atoms with Crippen molar-refractivity contribution in [1.82, 2.24) is 9.97 Å². The topological polar surface area (TPSA) is 28.7 Å². The van der Waals surface area contributed by atoms with Crippen LogP contribution in [0.3, 0.4) is 0 Å². The molecule has 0 atom stereocenters. The first-order valence-corrected chi connectivity index (χ1v) is 7.27. The Hall–Kier alpha value is -0.650. The lowest BCUT2D eigenvalue weighted by molar-refractivity contribution is 1.01. The van der Waals surface area contributed by atoms with Crippen molar-refractivity contribution in [3.63, 3.8) is 0 Å². The lowest BCUT2D eigenvalue weighted by Crippen LogP contribution is -1.92. The number of hydrogen-bond donors (Lipinski definition) is 1. The number of aromatic nitrogens is 2. The highest BCUT2D eigenvalue weighted by Gasteiger charge is 1.99. The van der Waals surface area contributed by atoms with Gasteiger partial charge >= 0.3 is 0 Å². The van der Waals surface area contributed by atoms with Gasteiger partial charge in [-0.1, -0.05) is 29.9 Å². The van der Waals surface area contributed by atoms with Crippen molar-refractivity contribution in [3.8, 4) is 0 Å². The van der Waals surface area contributed by atoms with E-state index in [0.717, 1.165) is 16.0 Å². The second-order valence-corrected chi connectivity index (χ2v) is 5.92. The summed E-state index contributed by atoms with van der Waals surface area (Å²) in [5, 5.41) is 0. The van der Waals surface area contributed by atoms with E-state index in [-0.39, 0.29) is 0 Å². The molecule has 0 aliphatic heterocycles. The van der Waals surface area contributed by atoms with Crippen LogP contribution in [0.4, 0.5) is 0 Å². The van der Waals surface area contributed by atoms with Crippen LogP contribution in [0.25, 0.3) is 0 Å². The molecule has 0 saturated carbocycles. The average molecular weight is 327 g/mol. The van der Waals surface area contributed by atoms with Crippen LogP contribution in [0.5, 0.6) is 0 Å². The molecule has 17 heavy (non-hydrogen) atoms. The summed E-state index contributed by atoms with van der Waals surface area (Å²) in [4.78, 5) is 8.63. The van der Waals surface area contributed by atoms with Gasteiger partial charge in [-0.2, -0.15) is 0 Å². The minimum atomic E-state index is 0.694. The molecular weight excluding hydrogens is 316 g/mol. The van der Waals surface area contributed by atoms with E-state index >= 15 is 0 Å². The fraction of sp³-hybridized carbons (Fsp3) is 0.167. The zero-order valence-corrected chi connectivity index (χ0v) is 12.5. The van der Waals surface area contributed by atoms with Crippen LogP contribution in [0.1, 0.15) is 11.4 Å². The Morgan fingerprint density at radius 2 is 2.29 bits per heavy atom. The lowest BCUT2D eigenvalue weighted by atomic mass is 10.2. The molecule has 2 aromatic rings. The van der Waals surface area contributed by atoms with Gasteiger partial charge in [-0.25, -0.2) is 4.98 Å². The minimum absolute atomic E-state index is 0.694.